The molecule has 1 saturated heterocycles. The molecule has 0 radical (unpaired) electrons. The van der Waals surface area contributed by atoms with Gasteiger partial charge in [-0.25, -0.2) is 4.98 Å². The number of aromatic nitrogens is 1. The van der Waals surface area contributed by atoms with Crippen molar-refractivity contribution in [3.8, 4) is 0 Å². The number of pyridine rings is 1. The summed E-state index contributed by atoms with van der Waals surface area (Å²) in [6.07, 6.45) is 4.15. The van der Waals surface area contributed by atoms with Crippen molar-refractivity contribution in [3.05, 3.63) is 40.7 Å². The summed E-state index contributed by atoms with van der Waals surface area (Å²) in [5.74, 6) is 0.804. The monoisotopic (exact) mass is 273 g/mol. The highest BCUT2D eigenvalue weighted by atomic mass is 32.1. The van der Waals surface area contributed by atoms with Gasteiger partial charge in [-0.3, -0.25) is 4.79 Å². The van der Waals surface area contributed by atoms with E-state index in [9.17, 15) is 4.79 Å². The number of nitrogens with one attached hydrogen (secondary N) is 1. The zero-order valence-electron chi connectivity index (χ0n) is 10.5. The summed E-state index contributed by atoms with van der Waals surface area (Å²) in [6.45, 7) is 2.02. The topological polar surface area (TPSA) is 45.2 Å². The molecule has 2 aromatic rings. The maximum Gasteiger partial charge on any atom is 0.256 e. The van der Waals surface area contributed by atoms with E-state index in [1.54, 1.807) is 6.20 Å². The summed E-state index contributed by atoms with van der Waals surface area (Å²) in [7, 11) is 0. The molecule has 19 heavy (non-hydrogen) atoms. The fraction of sp³-hybridized carbons (Fsp3) is 0.286. The number of nitrogens with zero attached hydrogens (tertiary/aromatic N) is 2. The van der Waals surface area contributed by atoms with Crippen LogP contribution in [0.1, 0.15) is 23.2 Å². The molecule has 0 aromatic carbocycles. The largest absolute Gasteiger partial charge is 0.355 e. The second-order valence-corrected chi connectivity index (χ2v) is 5.31. The van der Waals surface area contributed by atoms with Crippen molar-refractivity contribution in [2.24, 2.45) is 0 Å². The highest BCUT2D eigenvalue weighted by molar-refractivity contribution is 7.08. The van der Waals surface area contributed by atoms with Crippen molar-refractivity contribution in [1.82, 2.24) is 4.98 Å². The molecular formula is C14H15N3OS. The highest BCUT2D eigenvalue weighted by Crippen LogP contribution is 2.26. The second kappa shape index (κ2) is 5.40. The van der Waals surface area contributed by atoms with Crippen LogP contribution in [0.4, 0.5) is 11.5 Å². The minimum atomic E-state index is -0.0744. The van der Waals surface area contributed by atoms with Gasteiger partial charge in [-0.2, -0.15) is 11.3 Å². The van der Waals surface area contributed by atoms with E-state index in [1.165, 1.54) is 24.2 Å². The quantitative estimate of drug-likeness (QED) is 0.935. The first-order chi connectivity index (χ1) is 9.34. The third-order valence-electron chi connectivity index (χ3n) is 3.22. The number of anilines is 2. The first kappa shape index (κ1) is 12.2. The van der Waals surface area contributed by atoms with E-state index in [4.69, 9.17) is 0 Å². The smallest absolute Gasteiger partial charge is 0.256 e. The van der Waals surface area contributed by atoms with E-state index in [1.807, 2.05) is 29.0 Å². The lowest BCUT2D eigenvalue weighted by molar-refractivity contribution is 0.102. The van der Waals surface area contributed by atoms with Crippen LogP contribution in [-0.2, 0) is 0 Å². The first-order valence-electron chi connectivity index (χ1n) is 6.38. The van der Waals surface area contributed by atoms with Crippen molar-refractivity contribution in [2.45, 2.75) is 12.8 Å². The Morgan fingerprint density at radius 3 is 2.89 bits per heavy atom. The van der Waals surface area contributed by atoms with Gasteiger partial charge in [-0.05, 0) is 36.4 Å². The Hall–Kier alpha value is -1.88. The van der Waals surface area contributed by atoms with Gasteiger partial charge in [0.15, 0.2) is 5.82 Å². The molecule has 1 aliphatic heterocycles. The third-order valence-corrected chi connectivity index (χ3v) is 3.91. The van der Waals surface area contributed by atoms with Crippen LogP contribution in [0.2, 0.25) is 0 Å². The molecule has 98 valence electrons. The molecule has 1 N–H and O–H groups in total. The molecule has 0 unspecified atom stereocenters. The van der Waals surface area contributed by atoms with E-state index in [0.29, 0.717) is 5.56 Å². The molecule has 3 heterocycles. The lowest BCUT2D eigenvalue weighted by atomic mass is 10.3. The molecule has 1 fully saturated rings. The third kappa shape index (κ3) is 2.61. The number of carbonyl (C=O) groups excluding carboxylic acids is 1. The molecule has 4 nitrogen and oxygen atoms in total. The normalized spacial score (nSPS) is 14.6. The molecule has 0 bridgehead atoms. The molecule has 0 saturated carbocycles. The molecule has 1 aliphatic rings. The van der Waals surface area contributed by atoms with Crippen molar-refractivity contribution in [2.75, 3.05) is 23.3 Å². The molecule has 0 aliphatic carbocycles. The predicted molar refractivity (Wildman–Crippen MR) is 78.0 cm³/mol. The van der Waals surface area contributed by atoms with Crippen molar-refractivity contribution < 1.29 is 4.79 Å². The van der Waals surface area contributed by atoms with Gasteiger partial charge in [0.1, 0.15) is 0 Å². The standard InChI is InChI=1S/C14H15N3OS/c18-14(11-5-9-19-10-11)16-12-4-3-6-15-13(12)17-7-1-2-8-17/h3-6,9-10H,1-2,7-8H2,(H,16,18). The zero-order chi connectivity index (χ0) is 13.1. The van der Waals surface area contributed by atoms with Crippen molar-refractivity contribution >= 4 is 28.7 Å². The van der Waals surface area contributed by atoms with Gasteiger partial charge in [-0.1, -0.05) is 0 Å². The van der Waals surface area contributed by atoms with Gasteiger partial charge in [0.2, 0.25) is 0 Å². The minimum Gasteiger partial charge on any atom is -0.355 e. The summed E-state index contributed by atoms with van der Waals surface area (Å²) in [6, 6.07) is 5.58. The minimum absolute atomic E-state index is 0.0744. The number of hydrogen-bond acceptors (Lipinski definition) is 4. The van der Waals surface area contributed by atoms with Crippen LogP contribution < -0.4 is 10.2 Å². The van der Waals surface area contributed by atoms with Gasteiger partial charge >= 0.3 is 0 Å². The first-order valence-corrected chi connectivity index (χ1v) is 7.32. The van der Waals surface area contributed by atoms with Crippen LogP contribution >= 0.6 is 11.3 Å². The summed E-state index contributed by atoms with van der Waals surface area (Å²) >= 11 is 1.52. The maximum absolute atomic E-state index is 12.1. The van der Waals surface area contributed by atoms with E-state index < -0.39 is 0 Å². The van der Waals surface area contributed by atoms with Crippen LogP contribution in [0.25, 0.3) is 0 Å². The lowest BCUT2D eigenvalue weighted by Gasteiger charge is -2.19. The van der Waals surface area contributed by atoms with E-state index >= 15 is 0 Å². The van der Waals surface area contributed by atoms with Crippen LogP contribution in [0.3, 0.4) is 0 Å². The second-order valence-electron chi connectivity index (χ2n) is 4.53. The summed E-state index contributed by atoms with van der Waals surface area (Å²) < 4.78 is 0. The molecular weight excluding hydrogens is 258 g/mol. The number of rotatable bonds is 3. The molecule has 5 heteroatoms. The van der Waals surface area contributed by atoms with Crippen LogP contribution in [0.5, 0.6) is 0 Å². The lowest BCUT2D eigenvalue weighted by Crippen LogP contribution is -2.22. The van der Waals surface area contributed by atoms with Crippen LogP contribution in [0, 0.1) is 0 Å². The Labute approximate surface area is 116 Å². The zero-order valence-corrected chi connectivity index (χ0v) is 11.3. The van der Waals surface area contributed by atoms with Crippen molar-refractivity contribution in [1.29, 1.82) is 0 Å². The van der Waals surface area contributed by atoms with Gasteiger partial charge in [0, 0.05) is 24.7 Å². The predicted octanol–water partition coefficient (Wildman–Crippen LogP) is 3.00. The molecule has 1 amide bonds. The molecule has 0 spiro atoms. The molecule has 2 aromatic heterocycles. The Kier molecular flexibility index (Phi) is 3.46. The van der Waals surface area contributed by atoms with E-state index in [2.05, 4.69) is 15.2 Å². The molecule has 0 atom stereocenters. The Morgan fingerprint density at radius 2 is 2.16 bits per heavy atom. The fourth-order valence-corrected chi connectivity index (χ4v) is 2.90. The number of hydrogen-bond donors (Lipinski definition) is 1. The number of thiophene rings is 1. The Bertz CT molecular complexity index is 562. The highest BCUT2D eigenvalue weighted by Gasteiger charge is 2.18. The fourth-order valence-electron chi connectivity index (χ4n) is 2.26. The Morgan fingerprint density at radius 1 is 1.32 bits per heavy atom. The van der Waals surface area contributed by atoms with Crippen molar-refractivity contribution in [3.63, 3.8) is 0 Å². The average Bonchev–Trinajstić information content (AvgIpc) is 3.13. The van der Waals surface area contributed by atoms with Gasteiger partial charge in [0.05, 0.1) is 11.3 Å². The van der Waals surface area contributed by atoms with Crippen LogP contribution in [0.15, 0.2) is 35.2 Å². The summed E-state index contributed by atoms with van der Waals surface area (Å²) in [4.78, 5) is 18.7. The number of carbonyl (C=O) groups is 1. The average molecular weight is 273 g/mol. The summed E-state index contributed by atoms with van der Waals surface area (Å²) in [5, 5.41) is 6.70. The van der Waals surface area contributed by atoms with Gasteiger partial charge < -0.3 is 10.2 Å². The SMILES string of the molecule is O=C(Nc1cccnc1N1CCCC1)c1ccsc1. The summed E-state index contributed by atoms with van der Waals surface area (Å²) in [5.41, 5.74) is 1.49. The van der Waals surface area contributed by atoms with Gasteiger partial charge in [0.25, 0.3) is 5.91 Å². The van der Waals surface area contributed by atoms with E-state index in [0.717, 1.165) is 24.6 Å². The van der Waals surface area contributed by atoms with E-state index in [-0.39, 0.29) is 5.91 Å². The number of amides is 1. The Balaban J connectivity index is 1.82. The molecule has 3 rings (SSSR count). The van der Waals surface area contributed by atoms with Crippen LogP contribution in [-0.4, -0.2) is 24.0 Å². The maximum atomic E-state index is 12.1. The van der Waals surface area contributed by atoms with Gasteiger partial charge in [-0.15, -0.1) is 0 Å².